The average molecular weight is 366 g/mol. The largest absolute Gasteiger partial charge is 0.467 e. The lowest BCUT2D eigenvalue weighted by Gasteiger charge is -2.35. The molecule has 1 fully saturated rings. The third-order valence-corrected chi connectivity index (χ3v) is 5.27. The number of benzene rings is 1. The van der Waals surface area contributed by atoms with Crippen molar-refractivity contribution in [2.24, 2.45) is 11.8 Å². The zero-order valence-electron chi connectivity index (χ0n) is 15.5. The van der Waals surface area contributed by atoms with Gasteiger partial charge in [0.2, 0.25) is 0 Å². The van der Waals surface area contributed by atoms with Crippen LogP contribution < -0.4 is 0 Å². The molecule has 2 atom stereocenters. The van der Waals surface area contributed by atoms with Gasteiger partial charge in [-0.25, -0.2) is 0 Å². The Morgan fingerprint density at radius 1 is 1.07 bits per heavy atom. The van der Waals surface area contributed by atoms with Gasteiger partial charge in [-0.15, -0.1) is 0 Å². The topological polar surface area (TPSA) is 70.8 Å². The SMILES string of the molecule is CC1CC(C)CN(C(=O)c2ccc3c(c2)C(=O)N(Cc2ccco2)C3=O)C1. The molecule has 2 aromatic rings. The molecule has 0 saturated carbocycles. The molecule has 140 valence electrons. The van der Waals surface area contributed by atoms with Crippen LogP contribution in [0.1, 0.15) is 57.1 Å². The summed E-state index contributed by atoms with van der Waals surface area (Å²) < 4.78 is 5.25. The van der Waals surface area contributed by atoms with Gasteiger partial charge in [-0.05, 0) is 48.6 Å². The van der Waals surface area contributed by atoms with Crippen molar-refractivity contribution in [2.45, 2.75) is 26.8 Å². The summed E-state index contributed by atoms with van der Waals surface area (Å²) in [6.07, 6.45) is 2.62. The van der Waals surface area contributed by atoms with Crippen LogP contribution in [0.5, 0.6) is 0 Å². The highest BCUT2D eigenvalue weighted by molar-refractivity contribution is 6.22. The van der Waals surface area contributed by atoms with Gasteiger partial charge in [0, 0.05) is 18.7 Å². The van der Waals surface area contributed by atoms with Crippen LogP contribution in [-0.4, -0.2) is 40.6 Å². The number of carbonyl (C=O) groups is 3. The van der Waals surface area contributed by atoms with Gasteiger partial charge in [0.05, 0.1) is 23.9 Å². The molecule has 3 heterocycles. The minimum Gasteiger partial charge on any atom is -0.467 e. The fraction of sp³-hybridized carbons (Fsp3) is 0.381. The Hall–Kier alpha value is -2.89. The Morgan fingerprint density at radius 2 is 1.78 bits per heavy atom. The van der Waals surface area contributed by atoms with E-state index in [2.05, 4.69) is 13.8 Å². The number of likely N-dealkylation sites (tertiary alicyclic amines) is 1. The summed E-state index contributed by atoms with van der Waals surface area (Å²) in [4.78, 5) is 41.2. The second-order valence-corrected chi connectivity index (χ2v) is 7.69. The number of amides is 3. The van der Waals surface area contributed by atoms with Crippen LogP contribution >= 0.6 is 0 Å². The molecule has 3 amide bonds. The van der Waals surface area contributed by atoms with Crippen molar-refractivity contribution in [3.8, 4) is 0 Å². The highest BCUT2D eigenvalue weighted by Crippen LogP contribution is 2.27. The zero-order chi connectivity index (χ0) is 19.1. The van der Waals surface area contributed by atoms with E-state index >= 15 is 0 Å². The van der Waals surface area contributed by atoms with E-state index in [1.54, 1.807) is 30.3 Å². The van der Waals surface area contributed by atoms with Crippen LogP contribution in [0.15, 0.2) is 41.0 Å². The number of piperidine rings is 1. The Bertz CT molecular complexity index is 893. The Labute approximate surface area is 157 Å². The predicted octanol–water partition coefficient (Wildman–Crippen LogP) is 3.19. The summed E-state index contributed by atoms with van der Waals surface area (Å²) >= 11 is 0. The van der Waals surface area contributed by atoms with E-state index in [1.165, 1.54) is 6.26 Å². The molecule has 0 aliphatic carbocycles. The number of carbonyl (C=O) groups excluding carboxylic acids is 3. The predicted molar refractivity (Wildman–Crippen MR) is 98.2 cm³/mol. The number of furan rings is 1. The Kier molecular flexibility index (Phi) is 4.34. The van der Waals surface area contributed by atoms with Crippen molar-refractivity contribution in [3.05, 3.63) is 59.0 Å². The summed E-state index contributed by atoms with van der Waals surface area (Å²) in [5.74, 6) is 0.628. The Morgan fingerprint density at radius 3 is 2.44 bits per heavy atom. The molecule has 1 saturated heterocycles. The Balaban J connectivity index is 1.58. The fourth-order valence-corrected chi connectivity index (χ4v) is 4.14. The third-order valence-electron chi connectivity index (χ3n) is 5.27. The maximum absolute atomic E-state index is 12.9. The first-order chi connectivity index (χ1) is 12.9. The summed E-state index contributed by atoms with van der Waals surface area (Å²) in [5.41, 5.74) is 1.08. The maximum Gasteiger partial charge on any atom is 0.261 e. The molecule has 0 bridgehead atoms. The molecule has 0 radical (unpaired) electrons. The number of imide groups is 1. The molecule has 27 heavy (non-hydrogen) atoms. The van der Waals surface area contributed by atoms with Gasteiger partial charge in [0.1, 0.15) is 5.76 Å². The monoisotopic (exact) mass is 366 g/mol. The third kappa shape index (κ3) is 3.16. The molecule has 0 spiro atoms. The maximum atomic E-state index is 12.9. The first kappa shape index (κ1) is 17.5. The van der Waals surface area contributed by atoms with Gasteiger partial charge in [0.15, 0.2) is 0 Å². The van der Waals surface area contributed by atoms with Gasteiger partial charge in [-0.1, -0.05) is 13.8 Å². The second-order valence-electron chi connectivity index (χ2n) is 7.69. The standard InChI is InChI=1S/C21H22N2O4/c1-13-8-14(2)11-22(10-13)19(24)15-5-6-17-18(9-15)21(26)23(20(17)25)12-16-4-3-7-27-16/h3-7,9,13-14H,8,10-12H2,1-2H3. The van der Waals surface area contributed by atoms with Crippen molar-refractivity contribution < 1.29 is 18.8 Å². The van der Waals surface area contributed by atoms with E-state index in [0.717, 1.165) is 24.4 Å². The highest BCUT2D eigenvalue weighted by atomic mass is 16.3. The van der Waals surface area contributed by atoms with E-state index in [9.17, 15) is 14.4 Å². The lowest BCUT2D eigenvalue weighted by molar-refractivity contribution is 0.0620. The van der Waals surface area contributed by atoms with Crippen LogP contribution in [0.3, 0.4) is 0 Å². The van der Waals surface area contributed by atoms with E-state index in [1.807, 2.05) is 4.90 Å². The molecule has 1 aromatic carbocycles. The molecule has 1 aromatic heterocycles. The van der Waals surface area contributed by atoms with Gasteiger partial charge in [-0.2, -0.15) is 0 Å². The van der Waals surface area contributed by atoms with Crippen LogP contribution in [-0.2, 0) is 6.54 Å². The minimum absolute atomic E-state index is 0.0825. The summed E-state index contributed by atoms with van der Waals surface area (Å²) in [7, 11) is 0. The molecule has 4 rings (SSSR count). The quantitative estimate of drug-likeness (QED) is 0.782. The van der Waals surface area contributed by atoms with Crippen LogP contribution in [0, 0.1) is 11.8 Å². The molecule has 2 aliphatic heterocycles. The van der Waals surface area contributed by atoms with Gasteiger partial charge in [0.25, 0.3) is 17.7 Å². The minimum atomic E-state index is -0.388. The van der Waals surface area contributed by atoms with E-state index in [4.69, 9.17) is 4.42 Å². The normalized spacial score (nSPS) is 22.3. The number of hydrogen-bond acceptors (Lipinski definition) is 4. The van der Waals surface area contributed by atoms with E-state index in [-0.39, 0.29) is 29.8 Å². The number of hydrogen-bond donors (Lipinski definition) is 0. The summed E-state index contributed by atoms with van der Waals surface area (Å²) in [6.45, 7) is 5.82. The molecule has 2 unspecified atom stereocenters. The molecule has 2 aliphatic rings. The smallest absolute Gasteiger partial charge is 0.261 e. The van der Waals surface area contributed by atoms with E-state index < -0.39 is 0 Å². The second kappa shape index (κ2) is 6.68. The first-order valence-corrected chi connectivity index (χ1v) is 9.26. The van der Waals surface area contributed by atoms with Gasteiger partial charge in [-0.3, -0.25) is 19.3 Å². The van der Waals surface area contributed by atoms with Gasteiger partial charge >= 0.3 is 0 Å². The zero-order valence-corrected chi connectivity index (χ0v) is 15.5. The van der Waals surface area contributed by atoms with Gasteiger partial charge < -0.3 is 9.32 Å². The molecule has 0 N–H and O–H groups in total. The number of rotatable bonds is 3. The van der Waals surface area contributed by atoms with Crippen molar-refractivity contribution in [1.29, 1.82) is 0 Å². The highest BCUT2D eigenvalue weighted by Gasteiger charge is 2.37. The fourth-order valence-electron chi connectivity index (χ4n) is 4.14. The lowest BCUT2D eigenvalue weighted by Crippen LogP contribution is -2.42. The van der Waals surface area contributed by atoms with Crippen molar-refractivity contribution in [2.75, 3.05) is 13.1 Å². The van der Waals surface area contributed by atoms with Crippen molar-refractivity contribution in [1.82, 2.24) is 9.80 Å². The molecule has 6 nitrogen and oxygen atoms in total. The van der Waals surface area contributed by atoms with Crippen molar-refractivity contribution >= 4 is 17.7 Å². The lowest BCUT2D eigenvalue weighted by atomic mass is 9.91. The molecular formula is C21H22N2O4. The molecule has 6 heteroatoms. The van der Waals surface area contributed by atoms with Crippen LogP contribution in [0.4, 0.5) is 0 Å². The summed E-state index contributed by atoms with van der Waals surface area (Å²) in [6, 6.07) is 8.22. The van der Waals surface area contributed by atoms with Crippen LogP contribution in [0.2, 0.25) is 0 Å². The summed E-state index contributed by atoms with van der Waals surface area (Å²) in [5, 5.41) is 0. The average Bonchev–Trinajstić information content (AvgIpc) is 3.23. The number of nitrogens with zero attached hydrogens (tertiary/aromatic N) is 2. The number of fused-ring (bicyclic) bond motifs is 1. The van der Waals surface area contributed by atoms with Crippen molar-refractivity contribution in [3.63, 3.8) is 0 Å². The van der Waals surface area contributed by atoms with Crippen LogP contribution in [0.25, 0.3) is 0 Å². The van der Waals surface area contributed by atoms with E-state index in [0.29, 0.717) is 28.7 Å². The molecular weight excluding hydrogens is 344 g/mol. The first-order valence-electron chi connectivity index (χ1n) is 9.26.